The first-order chi connectivity index (χ1) is 6.57. The summed E-state index contributed by atoms with van der Waals surface area (Å²) >= 11 is 0. The second-order valence-electron chi connectivity index (χ2n) is 4.36. The highest BCUT2D eigenvalue weighted by Crippen LogP contribution is 2.25. The van der Waals surface area contributed by atoms with Crippen LogP contribution in [0.15, 0.2) is 0 Å². The normalized spacial score (nSPS) is 27.1. The van der Waals surface area contributed by atoms with E-state index in [4.69, 9.17) is 0 Å². The molecule has 1 aliphatic heterocycles. The molecule has 1 amide bonds. The Bertz CT molecular complexity index is 235. The van der Waals surface area contributed by atoms with Gasteiger partial charge in [-0.15, -0.1) is 0 Å². The second kappa shape index (κ2) is 4.58. The van der Waals surface area contributed by atoms with Crippen molar-refractivity contribution in [3.05, 3.63) is 0 Å². The number of ketones is 1. The molecule has 2 unspecified atom stereocenters. The van der Waals surface area contributed by atoms with Gasteiger partial charge in [-0.25, -0.2) is 0 Å². The van der Waals surface area contributed by atoms with Crippen molar-refractivity contribution in [3.8, 4) is 0 Å². The van der Waals surface area contributed by atoms with E-state index >= 15 is 0 Å². The minimum Gasteiger partial charge on any atom is -0.346 e. The highest BCUT2D eigenvalue weighted by molar-refractivity contribution is 6.39. The van der Waals surface area contributed by atoms with Gasteiger partial charge in [-0.05, 0) is 12.3 Å². The Morgan fingerprint density at radius 2 is 2.00 bits per heavy atom. The van der Waals surface area contributed by atoms with Crippen molar-refractivity contribution in [3.63, 3.8) is 0 Å². The summed E-state index contributed by atoms with van der Waals surface area (Å²) in [5, 5.41) is 2.78. The lowest BCUT2D eigenvalue weighted by atomic mass is 9.86. The molecule has 14 heavy (non-hydrogen) atoms. The highest BCUT2D eigenvalue weighted by atomic mass is 16.2. The van der Waals surface area contributed by atoms with Crippen LogP contribution in [0.5, 0.6) is 0 Å². The zero-order chi connectivity index (χ0) is 10.7. The number of hydrogen-bond donors (Lipinski definition) is 1. The van der Waals surface area contributed by atoms with E-state index in [-0.39, 0.29) is 29.6 Å². The number of Topliss-reactive ketones (excluding diaryl/α,β-unsaturated/α-hetero) is 1. The maximum Gasteiger partial charge on any atom is 0.287 e. The number of nitrogens with one attached hydrogen (secondary N) is 1. The van der Waals surface area contributed by atoms with Gasteiger partial charge in [0.1, 0.15) is 0 Å². The Balaban J connectivity index is 2.65. The van der Waals surface area contributed by atoms with Gasteiger partial charge in [0.15, 0.2) is 0 Å². The first-order valence-electron chi connectivity index (χ1n) is 5.42. The zero-order valence-electron chi connectivity index (χ0n) is 9.17. The van der Waals surface area contributed by atoms with Crippen molar-refractivity contribution in [2.75, 3.05) is 0 Å². The molecule has 0 aliphatic carbocycles. The fraction of sp³-hybridized carbons (Fsp3) is 0.818. The number of amides is 1. The first kappa shape index (κ1) is 11.2. The maximum atomic E-state index is 11.5. The molecule has 0 spiro atoms. The molecule has 1 rings (SSSR count). The first-order valence-corrected chi connectivity index (χ1v) is 5.42. The van der Waals surface area contributed by atoms with E-state index in [9.17, 15) is 9.59 Å². The Hall–Kier alpha value is -0.860. The van der Waals surface area contributed by atoms with Gasteiger partial charge in [0.2, 0.25) is 5.78 Å². The van der Waals surface area contributed by atoms with Gasteiger partial charge < -0.3 is 5.32 Å². The summed E-state index contributed by atoms with van der Waals surface area (Å²) in [5.74, 6) is -0.455. The minimum absolute atomic E-state index is 0.0787. The average Bonchev–Trinajstić information content (AvgIpc) is 2.39. The minimum atomic E-state index is -0.384. The van der Waals surface area contributed by atoms with Crippen molar-refractivity contribution >= 4 is 11.7 Å². The van der Waals surface area contributed by atoms with Crippen LogP contribution in [-0.4, -0.2) is 17.7 Å². The van der Waals surface area contributed by atoms with E-state index in [1.807, 2.05) is 13.8 Å². The molecule has 3 heteroatoms. The molecular formula is C11H19NO2. The van der Waals surface area contributed by atoms with E-state index in [1.54, 1.807) is 0 Å². The van der Waals surface area contributed by atoms with Gasteiger partial charge >= 0.3 is 0 Å². The predicted octanol–water partition coefficient (Wildman–Crippen LogP) is 1.52. The topological polar surface area (TPSA) is 46.2 Å². The summed E-state index contributed by atoms with van der Waals surface area (Å²) in [5.41, 5.74) is 0. The third-order valence-electron chi connectivity index (χ3n) is 2.86. The summed E-state index contributed by atoms with van der Waals surface area (Å²) in [6, 6.07) is 0.0787. The lowest BCUT2D eigenvalue weighted by Crippen LogP contribution is -2.31. The van der Waals surface area contributed by atoms with Gasteiger partial charge in [0.25, 0.3) is 5.91 Å². The van der Waals surface area contributed by atoms with Crippen LogP contribution in [0.3, 0.4) is 0 Å². The van der Waals surface area contributed by atoms with Crippen LogP contribution in [0, 0.1) is 11.8 Å². The summed E-state index contributed by atoms with van der Waals surface area (Å²) in [6.45, 7) is 6.12. The number of carbonyl (C=O) groups excluding carboxylic acids is 2. The molecule has 0 bridgehead atoms. The molecule has 80 valence electrons. The summed E-state index contributed by atoms with van der Waals surface area (Å²) < 4.78 is 0. The van der Waals surface area contributed by atoms with Gasteiger partial charge in [-0.1, -0.05) is 33.6 Å². The number of carbonyl (C=O) groups is 2. The molecule has 1 heterocycles. The lowest BCUT2D eigenvalue weighted by Gasteiger charge is -2.20. The highest BCUT2D eigenvalue weighted by Gasteiger charge is 2.41. The van der Waals surface area contributed by atoms with E-state index in [0.29, 0.717) is 0 Å². The molecular weight excluding hydrogens is 178 g/mol. The maximum absolute atomic E-state index is 11.5. The molecule has 3 nitrogen and oxygen atoms in total. The summed E-state index contributed by atoms with van der Waals surface area (Å²) in [7, 11) is 0. The summed E-state index contributed by atoms with van der Waals surface area (Å²) in [4.78, 5) is 22.7. The predicted molar refractivity (Wildman–Crippen MR) is 54.8 cm³/mol. The Morgan fingerprint density at radius 3 is 2.50 bits per heavy atom. The van der Waals surface area contributed by atoms with Crippen LogP contribution in [-0.2, 0) is 9.59 Å². The van der Waals surface area contributed by atoms with Crippen LogP contribution in [0.25, 0.3) is 0 Å². The molecule has 0 aromatic rings. The van der Waals surface area contributed by atoms with Crippen LogP contribution < -0.4 is 5.32 Å². The molecule has 1 aliphatic rings. The Labute approximate surface area is 85.3 Å². The largest absolute Gasteiger partial charge is 0.346 e. The van der Waals surface area contributed by atoms with Crippen LogP contribution in [0.4, 0.5) is 0 Å². The number of rotatable bonds is 4. The Kier molecular flexibility index (Phi) is 3.67. The Morgan fingerprint density at radius 1 is 1.36 bits per heavy atom. The van der Waals surface area contributed by atoms with Gasteiger partial charge in [-0.3, -0.25) is 9.59 Å². The van der Waals surface area contributed by atoms with E-state index in [1.165, 1.54) is 0 Å². The quantitative estimate of drug-likeness (QED) is 0.694. The molecule has 2 atom stereocenters. The van der Waals surface area contributed by atoms with Crippen molar-refractivity contribution in [1.82, 2.24) is 5.32 Å². The fourth-order valence-electron chi connectivity index (χ4n) is 2.11. The van der Waals surface area contributed by atoms with Crippen molar-refractivity contribution < 1.29 is 9.59 Å². The number of unbranched alkanes of at least 4 members (excludes halogenated alkanes) is 1. The molecule has 0 saturated carbocycles. The molecule has 1 N–H and O–H groups in total. The lowest BCUT2D eigenvalue weighted by molar-refractivity contribution is -0.137. The van der Waals surface area contributed by atoms with Gasteiger partial charge in [0, 0.05) is 6.04 Å². The number of hydrogen-bond acceptors (Lipinski definition) is 2. The molecule has 1 fully saturated rings. The van der Waals surface area contributed by atoms with Gasteiger partial charge in [0.05, 0.1) is 5.92 Å². The zero-order valence-corrected chi connectivity index (χ0v) is 9.17. The molecule has 0 aromatic heterocycles. The average molecular weight is 197 g/mol. The van der Waals surface area contributed by atoms with E-state index < -0.39 is 0 Å². The smallest absolute Gasteiger partial charge is 0.287 e. The molecule has 1 saturated heterocycles. The standard InChI is InChI=1S/C11H19NO2/c1-4-5-6-8-9(7(2)3)10(13)11(14)12-8/h7-9H,4-6H2,1-3H3,(H,12,14). The third kappa shape index (κ3) is 2.14. The monoisotopic (exact) mass is 197 g/mol. The van der Waals surface area contributed by atoms with Crippen LogP contribution in [0.1, 0.15) is 40.0 Å². The third-order valence-corrected chi connectivity index (χ3v) is 2.86. The van der Waals surface area contributed by atoms with Gasteiger partial charge in [-0.2, -0.15) is 0 Å². The van der Waals surface area contributed by atoms with Crippen molar-refractivity contribution in [2.24, 2.45) is 11.8 Å². The summed E-state index contributed by atoms with van der Waals surface area (Å²) in [6.07, 6.45) is 3.10. The van der Waals surface area contributed by atoms with E-state index in [2.05, 4.69) is 12.2 Å². The van der Waals surface area contributed by atoms with Crippen LogP contribution >= 0.6 is 0 Å². The van der Waals surface area contributed by atoms with Crippen molar-refractivity contribution in [1.29, 1.82) is 0 Å². The molecule has 0 aromatic carbocycles. The SMILES string of the molecule is CCCCC1NC(=O)C(=O)C1C(C)C. The fourth-order valence-corrected chi connectivity index (χ4v) is 2.11. The second-order valence-corrected chi connectivity index (χ2v) is 4.36. The van der Waals surface area contributed by atoms with Crippen LogP contribution in [0.2, 0.25) is 0 Å². The molecule has 0 radical (unpaired) electrons. The van der Waals surface area contributed by atoms with Crippen molar-refractivity contribution in [2.45, 2.75) is 46.1 Å². The van der Waals surface area contributed by atoms with E-state index in [0.717, 1.165) is 19.3 Å².